The topological polar surface area (TPSA) is 50.8 Å². The molecule has 3 nitrogen and oxygen atoms in total. The SMILES string of the molecule is CN(C)c1ccc(-c2ccccc2)c2c(-c3ccccc3)ccc(C=C(C#N)C#N)c12.Cc1ccccc1. The Balaban J connectivity index is 0.000000417. The first-order chi connectivity index (χ1) is 18.5. The number of fused-ring (bicyclic) bond motifs is 1. The van der Waals surface area contributed by atoms with Gasteiger partial charge in [0.25, 0.3) is 0 Å². The second-order valence-electron chi connectivity index (χ2n) is 9.15. The molecule has 5 rings (SSSR count). The van der Waals surface area contributed by atoms with Crippen molar-refractivity contribution in [1.29, 1.82) is 10.5 Å². The molecule has 0 atom stereocenters. The van der Waals surface area contributed by atoms with E-state index in [0.717, 1.165) is 44.3 Å². The highest BCUT2D eigenvalue weighted by molar-refractivity contribution is 6.14. The first kappa shape index (κ1) is 26.0. The highest BCUT2D eigenvalue weighted by atomic mass is 15.1. The molecule has 0 bridgehead atoms. The van der Waals surface area contributed by atoms with Gasteiger partial charge in [-0.05, 0) is 46.9 Å². The molecule has 5 aromatic rings. The van der Waals surface area contributed by atoms with Crippen LogP contribution in [0.5, 0.6) is 0 Å². The highest BCUT2D eigenvalue weighted by Crippen LogP contribution is 2.42. The molecule has 38 heavy (non-hydrogen) atoms. The Hall–Kier alpha value is -5.12. The van der Waals surface area contributed by atoms with Gasteiger partial charge in [-0.15, -0.1) is 0 Å². The second kappa shape index (κ2) is 12.2. The van der Waals surface area contributed by atoms with Gasteiger partial charge >= 0.3 is 0 Å². The molecule has 184 valence electrons. The number of allylic oxidation sites excluding steroid dienone is 1. The fourth-order valence-corrected chi connectivity index (χ4v) is 4.49. The van der Waals surface area contributed by atoms with Gasteiger partial charge in [-0.1, -0.05) is 115 Å². The fourth-order valence-electron chi connectivity index (χ4n) is 4.49. The Morgan fingerprint density at radius 1 is 0.605 bits per heavy atom. The van der Waals surface area contributed by atoms with E-state index in [1.165, 1.54) is 5.56 Å². The van der Waals surface area contributed by atoms with E-state index in [1.54, 1.807) is 6.08 Å². The van der Waals surface area contributed by atoms with Crippen LogP contribution in [0, 0.1) is 29.6 Å². The minimum absolute atomic E-state index is 0.0866. The second-order valence-corrected chi connectivity index (χ2v) is 9.15. The Morgan fingerprint density at radius 3 is 1.50 bits per heavy atom. The molecule has 0 aliphatic heterocycles. The minimum atomic E-state index is 0.0866. The normalized spacial score (nSPS) is 9.92. The largest absolute Gasteiger partial charge is 0.377 e. The van der Waals surface area contributed by atoms with Crippen LogP contribution in [0.2, 0.25) is 0 Å². The molecule has 3 heteroatoms. The van der Waals surface area contributed by atoms with Crippen LogP contribution in [0.25, 0.3) is 39.1 Å². The lowest BCUT2D eigenvalue weighted by Gasteiger charge is -2.22. The first-order valence-corrected chi connectivity index (χ1v) is 12.4. The summed E-state index contributed by atoms with van der Waals surface area (Å²) >= 11 is 0. The zero-order valence-corrected chi connectivity index (χ0v) is 21.9. The van der Waals surface area contributed by atoms with Crippen molar-refractivity contribution in [3.05, 3.63) is 132 Å². The van der Waals surface area contributed by atoms with E-state index in [2.05, 4.69) is 66.4 Å². The van der Waals surface area contributed by atoms with Crippen LogP contribution in [0.15, 0.2) is 121 Å². The van der Waals surface area contributed by atoms with Gasteiger partial charge in [-0.25, -0.2) is 0 Å². The number of anilines is 1. The lowest BCUT2D eigenvalue weighted by Crippen LogP contribution is -2.10. The predicted molar refractivity (Wildman–Crippen MR) is 160 cm³/mol. The number of nitrogens with zero attached hydrogens (tertiary/aromatic N) is 3. The predicted octanol–water partition coefficient (Wildman–Crippen LogP) is 8.67. The average Bonchev–Trinajstić information content (AvgIpc) is 2.96. The number of hydrogen-bond donors (Lipinski definition) is 0. The van der Waals surface area contributed by atoms with Gasteiger partial charge < -0.3 is 4.90 Å². The van der Waals surface area contributed by atoms with Gasteiger partial charge in [-0.3, -0.25) is 0 Å². The molecule has 0 aliphatic carbocycles. The average molecular weight is 492 g/mol. The molecule has 0 spiro atoms. The monoisotopic (exact) mass is 491 g/mol. The minimum Gasteiger partial charge on any atom is -0.377 e. The molecule has 0 unspecified atom stereocenters. The van der Waals surface area contributed by atoms with E-state index in [1.807, 2.05) is 86.9 Å². The van der Waals surface area contributed by atoms with Crippen LogP contribution in [0.4, 0.5) is 5.69 Å². The van der Waals surface area contributed by atoms with Crippen molar-refractivity contribution in [3.8, 4) is 34.4 Å². The molecule has 0 heterocycles. The zero-order valence-electron chi connectivity index (χ0n) is 21.9. The van der Waals surface area contributed by atoms with Crippen molar-refractivity contribution in [2.24, 2.45) is 0 Å². The van der Waals surface area contributed by atoms with Crippen molar-refractivity contribution in [3.63, 3.8) is 0 Å². The third-order valence-electron chi connectivity index (χ3n) is 6.30. The smallest absolute Gasteiger partial charge is 0.130 e. The number of benzene rings is 5. The standard InChI is InChI=1S/C28H21N3.C7H8/c1-31(2)26-16-15-25(22-11-7-4-8-12-22)28-24(21-9-5-3-6-10-21)14-13-23(27(26)28)17-20(18-29)19-30;1-7-5-3-2-4-6-7/h3-17H,1-2H3;2-6H,1H3. The molecule has 0 saturated heterocycles. The van der Waals surface area contributed by atoms with E-state index >= 15 is 0 Å². The van der Waals surface area contributed by atoms with Crippen molar-refractivity contribution < 1.29 is 0 Å². The summed E-state index contributed by atoms with van der Waals surface area (Å²) in [6, 6.07) is 43.2. The van der Waals surface area contributed by atoms with Gasteiger partial charge in [0, 0.05) is 30.6 Å². The summed E-state index contributed by atoms with van der Waals surface area (Å²) in [7, 11) is 4.02. The summed E-state index contributed by atoms with van der Waals surface area (Å²) in [5.74, 6) is 0. The van der Waals surface area contributed by atoms with Gasteiger partial charge in [0.15, 0.2) is 0 Å². The van der Waals surface area contributed by atoms with Crippen molar-refractivity contribution in [2.75, 3.05) is 19.0 Å². The van der Waals surface area contributed by atoms with Crippen LogP contribution in [0.1, 0.15) is 11.1 Å². The van der Waals surface area contributed by atoms with Crippen LogP contribution in [-0.2, 0) is 0 Å². The molecule has 0 N–H and O–H groups in total. The summed E-state index contributed by atoms with van der Waals surface area (Å²) in [6.07, 6.45) is 1.68. The summed E-state index contributed by atoms with van der Waals surface area (Å²) in [4.78, 5) is 2.07. The van der Waals surface area contributed by atoms with E-state index < -0.39 is 0 Å². The molecular weight excluding hydrogens is 462 g/mol. The molecule has 0 aliphatic rings. The quantitative estimate of drug-likeness (QED) is 0.236. The zero-order chi connectivity index (χ0) is 26.9. The van der Waals surface area contributed by atoms with E-state index in [-0.39, 0.29) is 5.57 Å². The maximum Gasteiger partial charge on any atom is 0.130 e. The lowest BCUT2D eigenvalue weighted by atomic mass is 9.87. The van der Waals surface area contributed by atoms with Crippen LogP contribution in [0.3, 0.4) is 0 Å². The number of aryl methyl sites for hydroxylation is 1. The van der Waals surface area contributed by atoms with Crippen molar-refractivity contribution >= 4 is 22.5 Å². The van der Waals surface area contributed by atoms with Crippen LogP contribution in [-0.4, -0.2) is 14.1 Å². The number of rotatable bonds is 4. The first-order valence-electron chi connectivity index (χ1n) is 12.4. The highest BCUT2D eigenvalue weighted by Gasteiger charge is 2.17. The maximum absolute atomic E-state index is 9.35. The van der Waals surface area contributed by atoms with Gasteiger partial charge in [0.1, 0.15) is 17.7 Å². The Labute approximate surface area is 225 Å². The molecule has 0 fully saturated rings. The Morgan fingerprint density at radius 2 is 1.08 bits per heavy atom. The molecular formula is C35H29N3. The number of hydrogen-bond acceptors (Lipinski definition) is 3. The van der Waals surface area contributed by atoms with E-state index in [9.17, 15) is 10.5 Å². The lowest BCUT2D eigenvalue weighted by molar-refractivity contribution is 1.14. The molecule has 0 amide bonds. The molecule has 0 saturated carbocycles. The number of nitriles is 2. The maximum atomic E-state index is 9.35. The molecule has 0 aromatic heterocycles. The van der Waals surface area contributed by atoms with Crippen LogP contribution >= 0.6 is 0 Å². The Bertz CT molecular complexity index is 1580. The van der Waals surface area contributed by atoms with Gasteiger partial charge in [-0.2, -0.15) is 10.5 Å². The summed E-state index contributed by atoms with van der Waals surface area (Å²) in [5.41, 5.74) is 7.78. The summed E-state index contributed by atoms with van der Waals surface area (Å²) < 4.78 is 0. The van der Waals surface area contributed by atoms with Crippen molar-refractivity contribution in [1.82, 2.24) is 0 Å². The van der Waals surface area contributed by atoms with Crippen LogP contribution < -0.4 is 4.90 Å². The third kappa shape index (κ3) is 5.81. The van der Waals surface area contributed by atoms with Gasteiger partial charge in [0.05, 0.1) is 0 Å². The summed E-state index contributed by atoms with van der Waals surface area (Å²) in [6.45, 7) is 2.08. The summed E-state index contributed by atoms with van der Waals surface area (Å²) in [5, 5.41) is 20.8. The van der Waals surface area contributed by atoms with E-state index in [0.29, 0.717) is 0 Å². The third-order valence-corrected chi connectivity index (χ3v) is 6.30. The Kier molecular flexibility index (Phi) is 8.35. The van der Waals surface area contributed by atoms with Gasteiger partial charge in [0.2, 0.25) is 0 Å². The molecule has 0 radical (unpaired) electrons. The van der Waals surface area contributed by atoms with E-state index in [4.69, 9.17) is 0 Å². The van der Waals surface area contributed by atoms with Crippen molar-refractivity contribution in [2.45, 2.75) is 6.92 Å². The molecule has 5 aromatic carbocycles. The fraction of sp³-hybridized carbons (Fsp3) is 0.0857.